The number of nitrogens with zero attached hydrogens (tertiary/aromatic N) is 4. The zero-order valence-corrected chi connectivity index (χ0v) is 7.09. The minimum atomic E-state index is -0.821. The Bertz CT molecular complexity index is 542. The van der Waals surface area contributed by atoms with Gasteiger partial charge in [0.2, 0.25) is 5.69 Å². The van der Waals surface area contributed by atoms with Gasteiger partial charge in [-0.1, -0.05) is 0 Å². The SMILES string of the molecule is COC(=O)c1nnc2[nH]ncn2c1=O. The lowest BCUT2D eigenvalue weighted by Crippen LogP contribution is -2.25. The lowest BCUT2D eigenvalue weighted by Gasteiger charge is -1.95. The third kappa shape index (κ3) is 1.04. The monoisotopic (exact) mass is 195 g/mol. The first-order valence-corrected chi connectivity index (χ1v) is 3.61. The lowest BCUT2D eigenvalue weighted by atomic mass is 10.5. The van der Waals surface area contributed by atoms with Gasteiger partial charge in [0.15, 0.2) is 0 Å². The maximum absolute atomic E-state index is 11.5. The van der Waals surface area contributed by atoms with Crippen molar-refractivity contribution in [2.75, 3.05) is 7.11 Å². The summed E-state index contributed by atoms with van der Waals surface area (Å²) in [5.41, 5.74) is -0.984. The molecule has 0 saturated carbocycles. The number of esters is 1. The Labute approximate surface area is 76.5 Å². The topological polar surface area (TPSA) is 102 Å². The molecule has 8 heteroatoms. The van der Waals surface area contributed by atoms with Gasteiger partial charge in [-0.25, -0.2) is 14.3 Å². The summed E-state index contributed by atoms with van der Waals surface area (Å²) in [6, 6.07) is 0. The summed E-state index contributed by atoms with van der Waals surface area (Å²) < 4.78 is 5.43. The molecule has 2 aromatic heterocycles. The van der Waals surface area contributed by atoms with Crippen LogP contribution in [0.15, 0.2) is 11.1 Å². The van der Waals surface area contributed by atoms with Gasteiger partial charge >= 0.3 is 5.97 Å². The molecule has 2 rings (SSSR count). The Hall–Kier alpha value is -2.25. The molecule has 0 radical (unpaired) electrons. The Balaban J connectivity index is 2.74. The van der Waals surface area contributed by atoms with Crippen molar-refractivity contribution in [1.82, 2.24) is 24.8 Å². The van der Waals surface area contributed by atoms with Crippen LogP contribution in [-0.4, -0.2) is 37.9 Å². The summed E-state index contributed by atoms with van der Waals surface area (Å²) in [6.45, 7) is 0. The molecule has 0 bridgehead atoms. The van der Waals surface area contributed by atoms with E-state index in [0.29, 0.717) is 0 Å². The second-order valence-corrected chi connectivity index (χ2v) is 2.40. The minimum Gasteiger partial charge on any atom is -0.464 e. The molecule has 0 unspecified atom stereocenters. The molecule has 0 amide bonds. The molecule has 2 aromatic rings. The van der Waals surface area contributed by atoms with Crippen LogP contribution in [-0.2, 0) is 4.74 Å². The van der Waals surface area contributed by atoms with Gasteiger partial charge in [-0.15, -0.1) is 10.2 Å². The molecule has 14 heavy (non-hydrogen) atoms. The molecular formula is C6H5N5O3. The first kappa shape index (κ1) is 8.35. The molecule has 1 N–H and O–H groups in total. The van der Waals surface area contributed by atoms with Crippen LogP contribution in [0.2, 0.25) is 0 Å². The molecule has 8 nitrogen and oxygen atoms in total. The van der Waals surface area contributed by atoms with Crippen molar-refractivity contribution in [3.63, 3.8) is 0 Å². The van der Waals surface area contributed by atoms with E-state index in [4.69, 9.17) is 0 Å². The van der Waals surface area contributed by atoms with E-state index in [9.17, 15) is 9.59 Å². The Morgan fingerprint density at radius 2 is 2.36 bits per heavy atom. The highest BCUT2D eigenvalue weighted by Crippen LogP contribution is 1.90. The lowest BCUT2D eigenvalue weighted by molar-refractivity contribution is 0.0590. The van der Waals surface area contributed by atoms with E-state index in [1.54, 1.807) is 0 Å². The van der Waals surface area contributed by atoms with Crippen LogP contribution >= 0.6 is 0 Å². The van der Waals surface area contributed by atoms with Crippen LogP contribution < -0.4 is 5.56 Å². The van der Waals surface area contributed by atoms with Gasteiger partial charge in [0, 0.05) is 0 Å². The van der Waals surface area contributed by atoms with E-state index in [1.165, 1.54) is 6.33 Å². The summed E-state index contributed by atoms with van der Waals surface area (Å²) in [5, 5.41) is 13.0. The normalized spacial score (nSPS) is 10.4. The number of aromatic amines is 1. The van der Waals surface area contributed by atoms with Gasteiger partial charge < -0.3 is 4.74 Å². The van der Waals surface area contributed by atoms with Gasteiger partial charge in [-0.3, -0.25) is 4.79 Å². The number of carbonyl (C=O) groups is 1. The average Bonchev–Trinajstić information content (AvgIpc) is 2.66. The fraction of sp³-hybridized carbons (Fsp3) is 0.167. The second-order valence-electron chi connectivity index (χ2n) is 2.40. The number of ether oxygens (including phenoxy) is 1. The first-order valence-electron chi connectivity index (χ1n) is 3.61. The van der Waals surface area contributed by atoms with Gasteiger partial charge in [-0.2, -0.15) is 5.10 Å². The predicted octanol–water partition coefficient (Wildman–Crippen LogP) is -1.40. The summed E-state index contributed by atoms with van der Waals surface area (Å²) in [4.78, 5) is 22.5. The van der Waals surface area contributed by atoms with Crippen LogP contribution in [0, 0.1) is 0 Å². The van der Waals surface area contributed by atoms with Crippen molar-refractivity contribution >= 4 is 11.7 Å². The third-order valence-electron chi connectivity index (χ3n) is 1.61. The zero-order valence-electron chi connectivity index (χ0n) is 7.09. The highest BCUT2D eigenvalue weighted by Gasteiger charge is 2.15. The highest BCUT2D eigenvalue weighted by atomic mass is 16.5. The van der Waals surface area contributed by atoms with E-state index in [0.717, 1.165) is 11.5 Å². The van der Waals surface area contributed by atoms with Crippen LogP contribution in [0.25, 0.3) is 5.78 Å². The molecule has 2 heterocycles. The van der Waals surface area contributed by atoms with Gasteiger partial charge in [0.1, 0.15) is 6.33 Å². The molecule has 0 aliphatic rings. The van der Waals surface area contributed by atoms with Crippen molar-refractivity contribution in [3.8, 4) is 0 Å². The molecular weight excluding hydrogens is 190 g/mol. The smallest absolute Gasteiger partial charge is 0.364 e. The number of fused-ring (bicyclic) bond motifs is 1. The van der Waals surface area contributed by atoms with Crippen LogP contribution in [0.5, 0.6) is 0 Å². The van der Waals surface area contributed by atoms with Crippen molar-refractivity contribution in [2.45, 2.75) is 0 Å². The van der Waals surface area contributed by atoms with E-state index in [-0.39, 0.29) is 11.5 Å². The van der Waals surface area contributed by atoms with E-state index in [2.05, 4.69) is 25.1 Å². The Kier molecular flexibility index (Phi) is 1.73. The standard InChI is InChI=1S/C6H5N5O3/c1-14-5(13)3-4(12)11-2-7-9-6(11)10-8-3/h2H,1H3,(H,9,10). The van der Waals surface area contributed by atoms with Gasteiger partial charge in [0.05, 0.1) is 7.11 Å². The number of methoxy groups -OCH3 is 1. The van der Waals surface area contributed by atoms with Crippen molar-refractivity contribution < 1.29 is 9.53 Å². The molecule has 0 aliphatic heterocycles. The van der Waals surface area contributed by atoms with E-state index < -0.39 is 11.5 Å². The van der Waals surface area contributed by atoms with Crippen LogP contribution in [0.4, 0.5) is 0 Å². The van der Waals surface area contributed by atoms with Crippen molar-refractivity contribution in [3.05, 3.63) is 22.4 Å². The van der Waals surface area contributed by atoms with E-state index in [1.807, 2.05) is 0 Å². The number of nitrogens with one attached hydrogen (secondary N) is 1. The van der Waals surface area contributed by atoms with E-state index >= 15 is 0 Å². The predicted molar refractivity (Wildman–Crippen MR) is 42.7 cm³/mol. The number of hydrogen-bond acceptors (Lipinski definition) is 6. The molecule has 72 valence electrons. The summed E-state index contributed by atoms with van der Waals surface area (Å²) in [7, 11) is 1.16. The van der Waals surface area contributed by atoms with Gasteiger partial charge in [-0.05, 0) is 0 Å². The third-order valence-corrected chi connectivity index (χ3v) is 1.61. The molecule has 0 aliphatic carbocycles. The maximum atomic E-state index is 11.5. The fourth-order valence-electron chi connectivity index (χ4n) is 0.951. The molecule has 0 aromatic carbocycles. The number of rotatable bonds is 1. The second kappa shape index (κ2) is 2.91. The largest absolute Gasteiger partial charge is 0.464 e. The minimum absolute atomic E-state index is 0.169. The van der Waals surface area contributed by atoms with Crippen LogP contribution in [0.3, 0.4) is 0 Å². The number of hydrogen-bond donors (Lipinski definition) is 1. The first-order chi connectivity index (χ1) is 6.74. The molecule has 0 fully saturated rings. The molecule has 0 spiro atoms. The summed E-state index contributed by atoms with van der Waals surface area (Å²) in [5.74, 6) is -0.652. The fourth-order valence-corrected chi connectivity index (χ4v) is 0.951. The van der Waals surface area contributed by atoms with Gasteiger partial charge in [0.25, 0.3) is 11.3 Å². The molecule has 0 saturated heterocycles. The number of aromatic nitrogens is 5. The van der Waals surface area contributed by atoms with Crippen molar-refractivity contribution in [2.24, 2.45) is 0 Å². The summed E-state index contributed by atoms with van der Waals surface area (Å²) >= 11 is 0. The number of H-pyrrole nitrogens is 1. The maximum Gasteiger partial charge on any atom is 0.364 e. The highest BCUT2D eigenvalue weighted by molar-refractivity contribution is 5.86. The summed E-state index contributed by atoms with van der Waals surface area (Å²) in [6.07, 6.45) is 1.21. The van der Waals surface area contributed by atoms with Crippen LogP contribution in [0.1, 0.15) is 10.5 Å². The Morgan fingerprint density at radius 3 is 3.07 bits per heavy atom. The van der Waals surface area contributed by atoms with Crippen molar-refractivity contribution in [1.29, 1.82) is 0 Å². The molecule has 0 atom stereocenters. The quantitative estimate of drug-likeness (QED) is 0.561. The Morgan fingerprint density at radius 1 is 1.57 bits per heavy atom. The average molecular weight is 195 g/mol. The number of carbonyl (C=O) groups excluding carboxylic acids is 1. The zero-order chi connectivity index (χ0) is 10.1.